The van der Waals surface area contributed by atoms with Crippen LogP contribution in [0.3, 0.4) is 0 Å². The van der Waals surface area contributed by atoms with E-state index >= 15 is 0 Å². The number of aryl methyl sites for hydroxylation is 3. The summed E-state index contributed by atoms with van der Waals surface area (Å²) < 4.78 is 8.09. The molecule has 0 amide bonds. The van der Waals surface area contributed by atoms with Crippen LogP contribution in [-0.2, 0) is 20.0 Å². The van der Waals surface area contributed by atoms with Crippen molar-refractivity contribution in [1.82, 2.24) is 9.55 Å². The van der Waals surface area contributed by atoms with Crippen molar-refractivity contribution in [1.29, 1.82) is 0 Å². The van der Waals surface area contributed by atoms with Crippen LogP contribution in [0.25, 0.3) is 33.4 Å². The molecule has 150 valence electrons. The number of phenolic OH excluding ortho intramolecular Hbond substituents is 1. The van der Waals surface area contributed by atoms with Gasteiger partial charge in [-0.3, -0.25) is 4.79 Å². The molecule has 4 aromatic rings. The van der Waals surface area contributed by atoms with Gasteiger partial charge in [-0.2, -0.15) is 0 Å². The lowest BCUT2D eigenvalue weighted by atomic mass is 10.00. The molecule has 0 fully saturated rings. The largest absolute Gasteiger partial charge is 0.507 e. The van der Waals surface area contributed by atoms with Crippen molar-refractivity contribution >= 4 is 22.0 Å². The fourth-order valence-corrected chi connectivity index (χ4v) is 3.97. The Kier molecular flexibility index (Phi) is 4.67. The number of fused-ring (bicyclic) bond motifs is 2. The molecule has 0 aliphatic carbocycles. The molecule has 2 heterocycles. The third kappa shape index (κ3) is 3.00. The standard InChI is InChI=1S/C23H25N3O3/c1-6-14-11-15-21(28)19(23-24-17-9-7-8-10-18(17)26(23)5)13(2)29-22(15)16(20(14)27)12-25(3)4/h7-11,27H,6,12H2,1-5H3/p+1. The first-order valence-electron chi connectivity index (χ1n) is 9.85. The highest BCUT2D eigenvalue weighted by molar-refractivity contribution is 5.88. The van der Waals surface area contributed by atoms with Gasteiger partial charge in [-0.05, 0) is 37.1 Å². The van der Waals surface area contributed by atoms with E-state index in [1.807, 2.05) is 56.9 Å². The summed E-state index contributed by atoms with van der Waals surface area (Å²) in [5.74, 6) is 1.31. The first-order valence-corrected chi connectivity index (χ1v) is 9.85. The molecule has 0 aliphatic heterocycles. The number of aromatic hydroxyl groups is 1. The van der Waals surface area contributed by atoms with E-state index in [4.69, 9.17) is 9.40 Å². The van der Waals surface area contributed by atoms with Crippen LogP contribution < -0.4 is 10.3 Å². The summed E-state index contributed by atoms with van der Waals surface area (Å²) in [7, 11) is 5.91. The van der Waals surface area contributed by atoms with E-state index in [2.05, 4.69) is 0 Å². The topological polar surface area (TPSA) is 72.7 Å². The van der Waals surface area contributed by atoms with Gasteiger partial charge in [0.25, 0.3) is 0 Å². The zero-order valence-corrected chi connectivity index (χ0v) is 17.5. The van der Waals surface area contributed by atoms with Crippen LogP contribution in [0.1, 0.15) is 23.8 Å². The maximum Gasteiger partial charge on any atom is 0.203 e. The number of hydrogen-bond donors (Lipinski definition) is 2. The Morgan fingerprint density at radius 1 is 1.24 bits per heavy atom. The Labute approximate surface area is 169 Å². The number of imidazole rings is 1. The van der Waals surface area contributed by atoms with Crippen molar-refractivity contribution in [2.75, 3.05) is 14.1 Å². The lowest BCUT2D eigenvalue weighted by Gasteiger charge is -2.15. The molecule has 0 saturated heterocycles. The van der Waals surface area contributed by atoms with E-state index in [0.29, 0.717) is 46.6 Å². The first-order chi connectivity index (χ1) is 13.8. The summed E-state index contributed by atoms with van der Waals surface area (Å²) >= 11 is 0. The van der Waals surface area contributed by atoms with Crippen LogP contribution in [0.5, 0.6) is 5.75 Å². The molecule has 0 radical (unpaired) electrons. The molecular formula is C23H26N3O3+. The van der Waals surface area contributed by atoms with Crippen molar-refractivity contribution in [3.63, 3.8) is 0 Å². The summed E-state index contributed by atoms with van der Waals surface area (Å²) in [5, 5.41) is 11.2. The van der Waals surface area contributed by atoms with Crippen molar-refractivity contribution in [2.24, 2.45) is 7.05 Å². The Bertz CT molecular complexity index is 1300. The molecule has 0 saturated carbocycles. The third-order valence-electron chi connectivity index (χ3n) is 5.43. The van der Waals surface area contributed by atoms with E-state index in [-0.39, 0.29) is 11.2 Å². The number of phenols is 1. The number of nitrogens with zero attached hydrogens (tertiary/aromatic N) is 2. The lowest BCUT2D eigenvalue weighted by Crippen LogP contribution is -3.04. The molecule has 0 spiro atoms. The lowest BCUT2D eigenvalue weighted by molar-refractivity contribution is -0.872. The van der Waals surface area contributed by atoms with Gasteiger partial charge >= 0.3 is 0 Å². The fourth-order valence-electron chi connectivity index (χ4n) is 3.97. The van der Waals surface area contributed by atoms with Crippen LogP contribution in [0.2, 0.25) is 0 Å². The zero-order chi connectivity index (χ0) is 20.9. The molecule has 6 nitrogen and oxygen atoms in total. The second-order valence-corrected chi connectivity index (χ2v) is 7.82. The van der Waals surface area contributed by atoms with E-state index < -0.39 is 0 Å². The molecule has 2 N–H and O–H groups in total. The highest BCUT2D eigenvalue weighted by atomic mass is 16.3. The van der Waals surface area contributed by atoms with Gasteiger partial charge in [0, 0.05) is 7.05 Å². The van der Waals surface area contributed by atoms with Crippen LogP contribution >= 0.6 is 0 Å². The smallest absolute Gasteiger partial charge is 0.203 e. The van der Waals surface area contributed by atoms with E-state index in [9.17, 15) is 9.90 Å². The maximum absolute atomic E-state index is 13.6. The Morgan fingerprint density at radius 2 is 1.97 bits per heavy atom. The number of benzene rings is 2. The van der Waals surface area contributed by atoms with Crippen LogP contribution in [0.4, 0.5) is 0 Å². The average Bonchev–Trinajstić information content (AvgIpc) is 3.01. The summed E-state index contributed by atoms with van der Waals surface area (Å²) in [5.41, 5.74) is 4.03. The zero-order valence-electron chi connectivity index (χ0n) is 17.5. The van der Waals surface area contributed by atoms with Gasteiger partial charge in [-0.15, -0.1) is 0 Å². The number of aromatic nitrogens is 2. The number of nitrogens with one attached hydrogen (secondary N) is 1. The normalized spacial score (nSPS) is 11.8. The van der Waals surface area contributed by atoms with Gasteiger partial charge in [-0.1, -0.05) is 19.1 Å². The van der Waals surface area contributed by atoms with E-state index in [1.54, 1.807) is 13.0 Å². The van der Waals surface area contributed by atoms with Gasteiger partial charge in [-0.25, -0.2) is 4.98 Å². The summed E-state index contributed by atoms with van der Waals surface area (Å²) in [4.78, 5) is 19.4. The van der Waals surface area contributed by atoms with Crippen molar-refractivity contribution < 1.29 is 14.4 Å². The predicted molar refractivity (Wildman–Crippen MR) is 114 cm³/mol. The minimum atomic E-state index is -0.119. The number of rotatable bonds is 4. The Morgan fingerprint density at radius 3 is 2.62 bits per heavy atom. The molecule has 6 heteroatoms. The van der Waals surface area contributed by atoms with Crippen molar-refractivity contribution in [3.05, 3.63) is 57.4 Å². The van der Waals surface area contributed by atoms with Gasteiger partial charge in [0.1, 0.15) is 29.4 Å². The molecule has 0 aliphatic rings. The summed E-state index contributed by atoms with van der Waals surface area (Å²) in [6.07, 6.45) is 0.631. The number of hydrogen-bond acceptors (Lipinski definition) is 4. The SMILES string of the molecule is CCc1cc2c(=O)c(-c3nc4ccccc4n3C)c(C)oc2c(C[NH+](C)C)c1O. The molecule has 0 unspecified atom stereocenters. The molecule has 4 rings (SSSR count). The van der Waals surface area contributed by atoms with Crippen LogP contribution in [0.15, 0.2) is 39.5 Å². The number of para-hydroxylation sites is 2. The van der Waals surface area contributed by atoms with Crippen LogP contribution in [-0.4, -0.2) is 28.8 Å². The minimum Gasteiger partial charge on any atom is -0.507 e. The highest BCUT2D eigenvalue weighted by Crippen LogP contribution is 2.33. The molecule has 0 bridgehead atoms. The van der Waals surface area contributed by atoms with Gasteiger partial charge < -0.3 is 19.0 Å². The molecule has 2 aromatic carbocycles. The minimum absolute atomic E-state index is 0.119. The number of quaternary nitrogens is 1. The average molecular weight is 392 g/mol. The third-order valence-corrected chi connectivity index (χ3v) is 5.43. The van der Waals surface area contributed by atoms with Gasteiger partial charge in [0.05, 0.1) is 36.1 Å². The summed E-state index contributed by atoms with van der Waals surface area (Å²) in [6.45, 7) is 4.31. The van der Waals surface area contributed by atoms with Crippen molar-refractivity contribution in [3.8, 4) is 17.1 Å². The van der Waals surface area contributed by atoms with Crippen molar-refractivity contribution in [2.45, 2.75) is 26.8 Å². The molecular weight excluding hydrogens is 366 g/mol. The van der Waals surface area contributed by atoms with E-state index in [1.165, 1.54) is 0 Å². The van der Waals surface area contributed by atoms with Gasteiger partial charge in [0.15, 0.2) is 5.58 Å². The second kappa shape index (κ2) is 7.04. The van der Waals surface area contributed by atoms with E-state index in [0.717, 1.165) is 21.5 Å². The fraction of sp³-hybridized carbons (Fsp3) is 0.304. The quantitative estimate of drug-likeness (QED) is 0.560. The highest BCUT2D eigenvalue weighted by Gasteiger charge is 2.24. The predicted octanol–water partition coefficient (Wildman–Crippen LogP) is 2.57. The van der Waals surface area contributed by atoms with Crippen LogP contribution in [0, 0.1) is 6.92 Å². The second-order valence-electron chi connectivity index (χ2n) is 7.82. The first kappa shape index (κ1) is 19.2. The maximum atomic E-state index is 13.6. The Hall–Kier alpha value is -3.12. The Balaban J connectivity index is 2.08. The van der Waals surface area contributed by atoms with Gasteiger partial charge in [0.2, 0.25) is 5.43 Å². The molecule has 2 aromatic heterocycles. The molecule has 29 heavy (non-hydrogen) atoms. The molecule has 0 atom stereocenters. The monoisotopic (exact) mass is 392 g/mol. The summed E-state index contributed by atoms with van der Waals surface area (Å²) in [6, 6.07) is 9.56.